The molecule has 2 saturated carbocycles. The maximum atomic E-state index is 13.5. The summed E-state index contributed by atoms with van der Waals surface area (Å²) in [4.78, 5) is 34.3. The lowest BCUT2D eigenvalue weighted by Crippen LogP contribution is -2.54. The van der Waals surface area contributed by atoms with Crippen LogP contribution in [0.3, 0.4) is 0 Å². The van der Waals surface area contributed by atoms with Gasteiger partial charge in [0.05, 0.1) is 6.20 Å². The second-order valence-electron chi connectivity index (χ2n) is 10.6. The van der Waals surface area contributed by atoms with Crippen LogP contribution in [0.2, 0.25) is 0 Å². The number of nitrogens with one attached hydrogen (secondary N) is 1. The van der Waals surface area contributed by atoms with Crippen LogP contribution in [0.15, 0.2) is 24.5 Å². The lowest BCUT2D eigenvalue weighted by atomic mass is 9.80. The number of hydrogen-bond donors (Lipinski definition) is 1. The number of anilines is 3. The summed E-state index contributed by atoms with van der Waals surface area (Å²) >= 11 is 0. The summed E-state index contributed by atoms with van der Waals surface area (Å²) < 4.78 is 6.18. The minimum absolute atomic E-state index is 0.0750. The van der Waals surface area contributed by atoms with Gasteiger partial charge in [-0.15, -0.1) is 0 Å². The second kappa shape index (κ2) is 10.3. The number of nitrogens with zero attached hydrogens (tertiary/aromatic N) is 6. The van der Waals surface area contributed by atoms with Crippen LogP contribution in [0.25, 0.3) is 0 Å². The predicted molar refractivity (Wildman–Crippen MR) is 138 cm³/mol. The second-order valence-corrected chi connectivity index (χ2v) is 10.6. The molecule has 2 aliphatic heterocycles. The van der Waals surface area contributed by atoms with Gasteiger partial charge in [0.25, 0.3) is 5.91 Å². The van der Waals surface area contributed by atoms with Crippen LogP contribution in [-0.2, 0) is 11.3 Å². The van der Waals surface area contributed by atoms with Crippen molar-refractivity contribution in [2.24, 2.45) is 5.92 Å². The predicted octanol–water partition coefficient (Wildman–Crippen LogP) is 3.59. The molecule has 1 saturated heterocycles. The van der Waals surface area contributed by atoms with Crippen LogP contribution < -0.4 is 15.0 Å². The van der Waals surface area contributed by atoms with Crippen molar-refractivity contribution in [1.82, 2.24) is 24.8 Å². The van der Waals surface area contributed by atoms with Crippen molar-refractivity contribution in [3.63, 3.8) is 0 Å². The van der Waals surface area contributed by atoms with Crippen molar-refractivity contribution in [3.05, 3.63) is 30.1 Å². The van der Waals surface area contributed by atoms with Crippen molar-refractivity contribution < 1.29 is 9.53 Å². The fraction of sp³-hybridized carbons (Fsp3) is 0.630. The van der Waals surface area contributed by atoms with Crippen LogP contribution in [0.5, 0.6) is 5.75 Å². The molecule has 9 heteroatoms. The highest BCUT2D eigenvalue weighted by Crippen LogP contribution is 2.42. The smallest absolute Gasteiger partial charge is 0.269 e. The van der Waals surface area contributed by atoms with Gasteiger partial charge in [-0.25, -0.2) is 9.97 Å². The van der Waals surface area contributed by atoms with Crippen molar-refractivity contribution >= 4 is 23.5 Å². The molecule has 3 fully saturated rings. The third kappa shape index (κ3) is 4.78. The number of aromatic nitrogens is 3. The molecular weight excluding hydrogens is 454 g/mol. The number of pyridine rings is 1. The van der Waals surface area contributed by atoms with Gasteiger partial charge in [0, 0.05) is 50.9 Å². The summed E-state index contributed by atoms with van der Waals surface area (Å²) in [5, 5.41) is 3.23. The molecule has 2 aromatic heterocycles. The van der Waals surface area contributed by atoms with Gasteiger partial charge in [-0.2, -0.15) is 4.98 Å². The number of carbonyl (C=O) groups excluding carboxylic acids is 1. The normalized spacial score (nSPS) is 23.9. The number of piperazine rings is 1. The zero-order valence-electron chi connectivity index (χ0n) is 21.2. The number of likely N-dealkylation sites (N-methyl/N-ethyl adjacent to an activating group) is 1. The lowest BCUT2D eigenvalue weighted by Gasteiger charge is -2.41. The molecule has 0 spiro atoms. The van der Waals surface area contributed by atoms with Gasteiger partial charge in [-0.05, 0) is 43.9 Å². The van der Waals surface area contributed by atoms with E-state index in [0.29, 0.717) is 29.3 Å². The number of ether oxygens (including phenoxy) is 1. The van der Waals surface area contributed by atoms with E-state index >= 15 is 0 Å². The first-order valence-electron chi connectivity index (χ1n) is 13.7. The summed E-state index contributed by atoms with van der Waals surface area (Å²) in [6.07, 6.45) is 10.9. The first-order chi connectivity index (χ1) is 17.7. The van der Waals surface area contributed by atoms with Crippen LogP contribution in [-0.4, -0.2) is 75.5 Å². The maximum absolute atomic E-state index is 13.5. The number of amides is 1. The van der Waals surface area contributed by atoms with Gasteiger partial charge >= 0.3 is 0 Å². The molecule has 2 aliphatic carbocycles. The van der Waals surface area contributed by atoms with E-state index in [1.807, 2.05) is 17.2 Å². The third-order valence-electron chi connectivity index (χ3n) is 8.35. The standard InChI is InChI=1S/C27H37N7O2/c1-2-32-12-14-33(15-13-32)18-19-10-11-23(28-16-19)30-27-29-17-22-25(31-27)34(21-8-3-4-9-21)26(35)24(36-22)20-6-5-7-20/h10-11,16-17,20-21,24H,2-9,12-15,18H2,1H3,(H,28,29,30,31). The monoisotopic (exact) mass is 491 g/mol. The molecular formula is C27H37N7O2. The highest BCUT2D eigenvalue weighted by molar-refractivity contribution is 6.00. The Kier molecular flexibility index (Phi) is 6.75. The number of hydrogen-bond acceptors (Lipinski definition) is 8. The Hall–Kier alpha value is -2.78. The van der Waals surface area contributed by atoms with E-state index in [4.69, 9.17) is 9.72 Å². The van der Waals surface area contributed by atoms with Gasteiger partial charge in [0.15, 0.2) is 17.7 Å². The molecule has 0 bridgehead atoms. The first-order valence-corrected chi connectivity index (χ1v) is 13.7. The molecule has 36 heavy (non-hydrogen) atoms. The summed E-state index contributed by atoms with van der Waals surface area (Å²) in [7, 11) is 0. The average Bonchev–Trinajstić information content (AvgIpc) is 3.40. The summed E-state index contributed by atoms with van der Waals surface area (Å²) in [6, 6.07) is 4.28. The quantitative estimate of drug-likeness (QED) is 0.629. The zero-order chi connectivity index (χ0) is 24.5. The largest absolute Gasteiger partial charge is 0.475 e. The van der Waals surface area contributed by atoms with Gasteiger partial charge in [-0.3, -0.25) is 14.6 Å². The molecule has 9 nitrogen and oxygen atoms in total. The maximum Gasteiger partial charge on any atom is 0.269 e. The minimum Gasteiger partial charge on any atom is -0.475 e. The van der Waals surface area contributed by atoms with Crippen LogP contribution in [0.4, 0.5) is 17.6 Å². The molecule has 0 radical (unpaired) electrons. The number of rotatable bonds is 7. The molecule has 1 amide bonds. The summed E-state index contributed by atoms with van der Waals surface area (Å²) in [6.45, 7) is 8.71. The summed E-state index contributed by atoms with van der Waals surface area (Å²) in [5.74, 6) is 2.73. The number of carbonyl (C=O) groups is 1. The average molecular weight is 492 g/mol. The molecule has 6 rings (SSSR count). The van der Waals surface area contributed by atoms with E-state index in [1.165, 1.54) is 12.0 Å². The molecule has 4 aliphatic rings. The third-order valence-corrected chi connectivity index (χ3v) is 8.35. The summed E-state index contributed by atoms with van der Waals surface area (Å²) in [5.41, 5.74) is 1.20. The van der Waals surface area contributed by atoms with E-state index in [1.54, 1.807) is 6.20 Å². The molecule has 1 atom stereocenters. The Labute approximate surface area is 213 Å². The van der Waals surface area contributed by atoms with Crippen molar-refractivity contribution in [3.8, 4) is 5.75 Å². The Morgan fingerprint density at radius 3 is 2.42 bits per heavy atom. The molecule has 1 unspecified atom stereocenters. The molecule has 4 heterocycles. The Balaban J connectivity index is 1.16. The first kappa shape index (κ1) is 23.6. The topological polar surface area (TPSA) is 86.7 Å². The lowest BCUT2D eigenvalue weighted by molar-refractivity contribution is -0.131. The van der Waals surface area contributed by atoms with Crippen molar-refractivity contribution in [2.75, 3.05) is 42.9 Å². The van der Waals surface area contributed by atoms with Gasteiger partial charge in [0.2, 0.25) is 5.95 Å². The molecule has 192 valence electrons. The molecule has 2 aromatic rings. The fourth-order valence-electron chi connectivity index (χ4n) is 5.89. The molecule has 0 aromatic carbocycles. The fourth-order valence-corrected chi connectivity index (χ4v) is 5.89. The molecule has 1 N–H and O–H groups in total. The number of fused-ring (bicyclic) bond motifs is 1. The van der Waals surface area contributed by atoms with Gasteiger partial charge in [0.1, 0.15) is 5.82 Å². The van der Waals surface area contributed by atoms with Crippen LogP contribution >= 0.6 is 0 Å². The SMILES string of the molecule is CCN1CCN(Cc2ccc(Nc3ncc4c(n3)N(C3CCCC3)C(=O)C(C3CCC3)O4)nc2)CC1. The van der Waals surface area contributed by atoms with Gasteiger partial charge < -0.3 is 15.0 Å². The highest BCUT2D eigenvalue weighted by Gasteiger charge is 2.45. The van der Waals surface area contributed by atoms with Crippen LogP contribution in [0.1, 0.15) is 57.4 Å². The van der Waals surface area contributed by atoms with E-state index in [2.05, 4.69) is 38.1 Å². The van der Waals surface area contributed by atoms with E-state index in [9.17, 15) is 4.79 Å². The van der Waals surface area contributed by atoms with E-state index < -0.39 is 6.10 Å². The van der Waals surface area contributed by atoms with E-state index in [0.717, 1.165) is 77.8 Å². The Morgan fingerprint density at radius 1 is 0.972 bits per heavy atom. The van der Waals surface area contributed by atoms with Gasteiger partial charge in [-0.1, -0.05) is 32.3 Å². The highest BCUT2D eigenvalue weighted by atomic mass is 16.5. The van der Waals surface area contributed by atoms with Crippen molar-refractivity contribution in [2.45, 2.75) is 70.6 Å². The Bertz CT molecular complexity index is 1060. The minimum atomic E-state index is -0.395. The zero-order valence-corrected chi connectivity index (χ0v) is 21.2. The van der Waals surface area contributed by atoms with E-state index in [-0.39, 0.29) is 11.9 Å². The Morgan fingerprint density at radius 2 is 1.75 bits per heavy atom. The van der Waals surface area contributed by atoms with Crippen LogP contribution in [0, 0.1) is 5.92 Å². The van der Waals surface area contributed by atoms with Crippen molar-refractivity contribution in [1.29, 1.82) is 0 Å².